The largest absolute Gasteiger partial charge is 0.384 e. The van der Waals surface area contributed by atoms with Gasteiger partial charge in [0.15, 0.2) is 0 Å². The van der Waals surface area contributed by atoms with Crippen molar-refractivity contribution in [3.05, 3.63) is 65.8 Å². The summed E-state index contributed by atoms with van der Waals surface area (Å²) in [6.45, 7) is 1.15. The van der Waals surface area contributed by atoms with Gasteiger partial charge in [-0.05, 0) is 49.2 Å². The van der Waals surface area contributed by atoms with Gasteiger partial charge in [0.05, 0.1) is 10.4 Å². The Labute approximate surface area is 158 Å². The Morgan fingerprint density at radius 2 is 1.73 bits per heavy atom. The molecular formula is C19H20ClN3O2S. The third-order valence-corrected chi connectivity index (χ3v) is 5.68. The smallest absolute Gasteiger partial charge is 0.240 e. The van der Waals surface area contributed by atoms with Gasteiger partial charge < -0.3 is 5.32 Å². The topological polar surface area (TPSA) is 71.1 Å². The van der Waals surface area contributed by atoms with E-state index in [0.717, 1.165) is 36.0 Å². The molecule has 0 atom stereocenters. The highest BCUT2D eigenvalue weighted by Gasteiger charge is 2.11. The maximum atomic E-state index is 12.1. The van der Waals surface area contributed by atoms with Crippen LogP contribution in [0.25, 0.3) is 10.9 Å². The highest BCUT2D eigenvalue weighted by Crippen LogP contribution is 2.24. The summed E-state index contributed by atoms with van der Waals surface area (Å²) in [7, 11) is -3.42. The highest BCUT2D eigenvalue weighted by molar-refractivity contribution is 7.89. The maximum absolute atomic E-state index is 12.1. The van der Waals surface area contributed by atoms with Crippen LogP contribution in [0.5, 0.6) is 0 Å². The van der Waals surface area contributed by atoms with E-state index in [1.54, 1.807) is 36.5 Å². The molecule has 5 nitrogen and oxygen atoms in total. The molecule has 0 aliphatic carbocycles. The zero-order chi connectivity index (χ0) is 18.4. The summed E-state index contributed by atoms with van der Waals surface area (Å²) in [5.74, 6) is 0. The number of aromatic nitrogens is 1. The Kier molecular flexibility index (Phi) is 6.08. The lowest BCUT2D eigenvalue weighted by molar-refractivity contribution is 0.577. The molecule has 26 heavy (non-hydrogen) atoms. The number of hydrogen-bond donors (Lipinski definition) is 2. The molecule has 3 rings (SSSR count). The summed E-state index contributed by atoms with van der Waals surface area (Å²) < 4.78 is 26.9. The first-order valence-corrected chi connectivity index (χ1v) is 10.3. The van der Waals surface area contributed by atoms with E-state index in [2.05, 4.69) is 15.0 Å². The van der Waals surface area contributed by atoms with E-state index in [4.69, 9.17) is 11.6 Å². The van der Waals surface area contributed by atoms with Crippen molar-refractivity contribution < 1.29 is 8.42 Å². The fourth-order valence-electron chi connectivity index (χ4n) is 2.64. The number of sulfonamides is 1. The molecule has 2 aromatic carbocycles. The predicted molar refractivity (Wildman–Crippen MR) is 106 cm³/mol. The van der Waals surface area contributed by atoms with E-state index in [0.29, 0.717) is 16.5 Å². The van der Waals surface area contributed by atoms with Crippen molar-refractivity contribution in [3.8, 4) is 0 Å². The van der Waals surface area contributed by atoms with Crippen LogP contribution in [0, 0.1) is 0 Å². The van der Waals surface area contributed by atoms with Crippen LogP contribution in [-0.4, -0.2) is 26.5 Å². The lowest BCUT2D eigenvalue weighted by Gasteiger charge is -2.10. The predicted octanol–water partition coefficient (Wildman–Crippen LogP) is 4.06. The number of nitrogens with zero attached hydrogens (tertiary/aromatic N) is 1. The molecule has 1 heterocycles. The second-order valence-corrected chi connectivity index (χ2v) is 8.07. The Bertz CT molecular complexity index is 979. The number of nitrogens with one attached hydrogen (secondary N) is 2. The number of halogens is 1. The quantitative estimate of drug-likeness (QED) is 0.570. The van der Waals surface area contributed by atoms with Crippen LogP contribution in [0.1, 0.15) is 12.8 Å². The Morgan fingerprint density at radius 1 is 0.962 bits per heavy atom. The van der Waals surface area contributed by atoms with Crippen LogP contribution in [0.2, 0.25) is 5.02 Å². The van der Waals surface area contributed by atoms with Crippen LogP contribution in [0.4, 0.5) is 5.69 Å². The zero-order valence-electron chi connectivity index (χ0n) is 14.2. The van der Waals surface area contributed by atoms with Crippen molar-refractivity contribution in [2.75, 3.05) is 18.4 Å². The lowest BCUT2D eigenvalue weighted by atomic mass is 10.2. The van der Waals surface area contributed by atoms with Crippen molar-refractivity contribution in [2.24, 2.45) is 0 Å². The fraction of sp³-hybridized carbons (Fsp3) is 0.211. The summed E-state index contributed by atoms with van der Waals surface area (Å²) in [5.41, 5.74) is 1.84. The molecule has 7 heteroatoms. The molecule has 136 valence electrons. The molecule has 0 spiro atoms. The first-order valence-electron chi connectivity index (χ1n) is 8.39. The number of rotatable bonds is 8. The number of fused-ring (bicyclic) bond motifs is 1. The molecule has 0 saturated heterocycles. The molecule has 1 aromatic heterocycles. The van der Waals surface area contributed by atoms with E-state index < -0.39 is 10.0 Å². The van der Waals surface area contributed by atoms with Crippen LogP contribution in [0.15, 0.2) is 65.7 Å². The van der Waals surface area contributed by atoms with Gasteiger partial charge in [0.2, 0.25) is 10.0 Å². The summed E-state index contributed by atoms with van der Waals surface area (Å²) in [6, 6.07) is 15.9. The number of hydrogen-bond acceptors (Lipinski definition) is 4. The third kappa shape index (κ3) is 4.72. The summed E-state index contributed by atoms with van der Waals surface area (Å²) in [6.07, 6.45) is 3.33. The molecular weight excluding hydrogens is 370 g/mol. The fourth-order valence-corrected chi connectivity index (χ4v) is 3.90. The molecule has 0 amide bonds. The number of pyridine rings is 1. The number of unbranched alkanes of at least 4 members (excludes halogenated alkanes) is 1. The van der Waals surface area contributed by atoms with Gasteiger partial charge in [-0.3, -0.25) is 4.98 Å². The van der Waals surface area contributed by atoms with Crippen LogP contribution < -0.4 is 10.0 Å². The van der Waals surface area contributed by atoms with Crippen LogP contribution >= 0.6 is 11.6 Å². The van der Waals surface area contributed by atoms with Crippen molar-refractivity contribution in [1.82, 2.24) is 9.71 Å². The van der Waals surface area contributed by atoms with Gasteiger partial charge in [0.1, 0.15) is 0 Å². The second kappa shape index (κ2) is 8.49. The van der Waals surface area contributed by atoms with Gasteiger partial charge in [-0.25, -0.2) is 13.1 Å². The second-order valence-electron chi connectivity index (χ2n) is 5.86. The number of benzene rings is 2. The van der Waals surface area contributed by atoms with Crippen molar-refractivity contribution in [1.29, 1.82) is 0 Å². The normalized spacial score (nSPS) is 11.6. The summed E-state index contributed by atoms with van der Waals surface area (Å²) >= 11 is 6.00. The van der Waals surface area contributed by atoms with Gasteiger partial charge in [0.25, 0.3) is 0 Å². The Hall–Kier alpha value is -2.15. The van der Waals surface area contributed by atoms with E-state index in [1.807, 2.05) is 24.3 Å². The molecule has 3 aromatic rings. The zero-order valence-corrected chi connectivity index (χ0v) is 15.7. The van der Waals surface area contributed by atoms with Crippen LogP contribution in [-0.2, 0) is 10.0 Å². The van der Waals surface area contributed by atoms with Gasteiger partial charge in [-0.2, -0.15) is 0 Å². The summed E-state index contributed by atoms with van der Waals surface area (Å²) in [4.78, 5) is 4.61. The summed E-state index contributed by atoms with van der Waals surface area (Å²) in [5, 5.41) is 5.05. The van der Waals surface area contributed by atoms with Crippen molar-refractivity contribution >= 4 is 38.2 Å². The monoisotopic (exact) mass is 389 g/mol. The first-order chi connectivity index (χ1) is 12.6. The Morgan fingerprint density at radius 3 is 2.54 bits per heavy atom. The molecule has 0 radical (unpaired) electrons. The molecule has 0 fully saturated rings. The van der Waals surface area contributed by atoms with Gasteiger partial charge >= 0.3 is 0 Å². The molecule has 0 saturated carbocycles. The average molecular weight is 390 g/mol. The Balaban J connectivity index is 1.47. The minimum atomic E-state index is -3.42. The third-order valence-electron chi connectivity index (χ3n) is 3.97. The molecule has 0 unspecified atom stereocenters. The van der Waals surface area contributed by atoms with E-state index in [9.17, 15) is 8.42 Å². The van der Waals surface area contributed by atoms with Gasteiger partial charge in [-0.15, -0.1) is 0 Å². The highest BCUT2D eigenvalue weighted by atomic mass is 35.5. The van der Waals surface area contributed by atoms with E-state index in [1.165, 1.54) is 0 Å². The number of anilines is 1. The average Bonchev–Trinajstić information content (AvgIpc) is 2.65. The minimum absolute atomic E-state index is 0.292. The van der Waals surface area contributed by atoms with Crippen LogP contribution in [0.3, 0.4) is 0 Å². The van der Waals surface area contributed by atoms with Crippen molar-refractivity contribution in [2.45, 2.75) is 17.7 Å². The molecule has 0 aliphatic heterocycles. The van der Waals surface area contributed by atoms with E-state index in [-0.39, 0.29) is 0 Å². The first kappa shape index (κ1) is 18.6. The van der Waals surface area contributed by atoms with Gasteiger partial charge in [0, 0.05) is 35.4 Å². The maximum Gasteiger partial charge on any atom is 0.240 e. The molecule has 0 aliphatic rings. The molecule has 0 bridgehead atoms. The van der Waals surface area contributed by atoms with Crippen molar-refractivity contribution in [3.63, 3.8) is 0 Å². The standard InChI is InChI=1S/C19H20ClN3O2S/c20-15-8-9-17-18(10-13-22-19(17)14-15)21-11-4-5-12-23-26(24,25)16-6-2-1-3-7-16/h1-3,6-10,13-14,23H,4-5,11-12H2,(H,21,22). The van der Waals surface area contributed by atoms with E-state index >= 15 is 0 Å². The minimum Gasteiger partial charge on any atom is -0.384 e. The SMILES string of the molecule is O=S(=O)(NCCCCNc1ccnc2cc(Cl)ccc12)c1ccccc1. The lowest BCUT2D eigenvalue weighted by Crippen LogP contribution is -2.25. The molecule has 2 N–H and O–H groups in total. The van der Waals surface area contributed by atoms with Gasteiger partial charge in [-0.1, -0.05) is 29.8 Å².